The molecule has 1 aliphatic rings. The third kappa shape index (κ3) is 2.34. The molecule has 94 valence electrons. The number of aryl methyl sites for hydroxylation is 1. The summed E-state index contributed by atoms with van der Waals surface area (Å²) in [6.07, 6.45) is 2.37. The van der Waals surface area contributed by atoms with E-state index in [1.54, 1.807) is 0 Å². The van der Waals surface area contributed by atoms with E-state index >= 15 is 0 Å². The highest BCUT2D eigenvalue weighted by Crippen LogP contribution is 2.31. The zero-order chi connectivity index (χ0) is 12.4. The van der Waals surface area contributed by atoms with Crippen LogP contribution in [0.5, 0.6) is 0 Å². The van der Waals surface area contributed by atoms with Gasteiger partial charge in [-0.15, -0.1) is 0 Å². The summed E-state index contributed by atoms with van der Waals surface area (Å²) in [5.74, 6) is -0.464. The summed E-state index contributed by atoms with van der Waals surface area (Å²) in [7, 11) is 0. The first-order valence-electron chi connectivity index (χ1n) is 5.98. The van der Waals surface area contributed by atoms with Crippen molar-refractivity contribution in [3.63, 3.8) is 0 Å². The topological polar surface area (TPSA) is 72.6 Å². The molecule has 1 saturated heterocycles. The van der Waals surface area contributed by atoms with Gasteiger partial charge >= 0.3 is 5.97 Å². The highest BCUT2D eigenvalue weighted by Gasteiger charge is 2.32. The Morgan fingerprint density at radius 2 is 2.35 bits per heavy atom. The largest absolute Gasteiger partial charge is 0.475 e. The number of ether oxygens (including phenoxy) is 1. The fourth-order valence-corrected chi connectivity index (χ4v) is 2.16. The van der Waals surface area contributed by atoms with Gasteiger partial charge in [0.2, 0.25) is 11.7 Å². The fourth-order valence-electron chi connectivity index (χ4n) is 2.16. The molecular formula is C12H17NO4. The highest BCUT2D eigenvalue weighted by molar-refractivity contribution is 5.85. The maximum Gasteiger partial charge on any atom is 0.373 e. The lowest BCUT2D eigenvalue weighted by Gasteiger charge is -2.08. The Hall–Kier alpha value is -1.36. The number of hydrogen-bond acceptors (Lipinski definition) is 4. The number of rotatable bonds is 4. The molecule has 1 aliphatic heterocycles. The van der Waals surface area contributed by atoms with Crippen LogP contribution in [-0.2, 0) is 11.2 Å². The average Bonchev–Trinajstić information content (AvgIpc) is 2.84. The first-order chi connectivity index (χ1) is 8.13. The predicted octanol–water partition coefficient (Wildman–Crippen LogP) is 2.22. The Balaban J connectivity index is 2.29. The molecule has 5 nitrogen and oxygen atoms in total. The SMILES string of the molecule is CCCc1nc(C2CCOC2C)oc1C(=O)O. The van der Waals surface area contributed by atoms with Gasteiger partial charge in [0.15, 0.2) is 0 Å². The van der Waals surface area contributed by atoms with Crippen LogP contribution >= 0.6 is 0 Å². The van der Waals surface area contributed by atoms with Crippen molar-refractivity contribution in [2.24, 2.45) is 0 Å². The minimum Gasteiger partial charge on any atom is -0.475 e. The summed E-state index contributed by atoms with van der Waals surface area (Å²) < 4.78 is 10.8. The molecule has 0 aromatic carbocycles. The Kier molecular flexibility index (Phi) is 3.47. The average molecular weight is 239 g/mol. The molecule has 0 radical (unpaired) electrons. The first-order valence-corrected chi connectivity index (χ1v) is 5.98. The predicted molar refractivity (Wildman–Crippen MR) is 60.2 cm³/mol. The minimum absolute atomic E-state index is 0.0130. The van der Waals surface area contributed by atoms with Crippen molar-refractivity contribution in [3.8, 4) is 0 Å². The number of carbonyl (C=O) groups is 1. The molecule has 5 heteroatoms. The van der Waals surface area contributed by atoms with E-state index in [-0.39, 0.29) is 17.8 Å². The number of nitrogens with zero attached hydrogens (tertiary/aromatic N) is 1. The van der Waals surface area contributed by atoms with Crippen LogP contribution in [0.25, 0.3) is 0 Å². The smallest absolute Gasteiger partial charge is 0.373 e. The van der Waals surface area contributed by atoms with Crippen LogP contribution in [0.15, 0.2) is 4.42 Å². The Labute approximate surface area is 99.8 Å². The van der Waals surface area contributed by atoms with Gasteiger partial charge in [0.25, 0.3) is 0 Å². The van der Waals surface area contributed by atoms with Gasteiger partial charge in [0.1, 0.15) is 0 Å². The van der Waals surface area contributed by atoms with Crippen LogP contribution in [0.4, 0.5) is 0 Å². The normalized spacial score (nSPS) is 24.1. The third-order valence-electron chi connectivity index (χ3n) is 3.09. The van der Waals surface area contributed by atoms with Gasteiger partial charge in [-0.2, -0.15) is 0 Å². The standard InChI is InChI=1S/C12H17NO4/c1-3-4-9-10(12(14)15)17-11(13-9)8-5-6-16-7(8)2/h7-8H,3-6H2,1-2H3,(H,14,15). The summed E-state index contributed by atoms with van der Waals surface area (Å²) in [5.41, 5.74) is 0.550. The number of carboxylic acids is 1. The molecular weight excluding hydrogens is 222 g/mol. The maximum absolute atomic E-state index is 11.0. The van der Waals surface area contributed by atoms with Crippen LogP contribution in [0.3, 0.4) is 0 Å². The van der Waals surface area contributed by atoms with Crippen molar-refractivity contribution in [2.75, 3.05) is 6.61 Å². The molecule has 0 spiro atoms. The van der Waals surface area contributed by atoms with Crippen molar-refractivity contribution < 1.29 is 19.1 Å². The Morgan fingerprint density at radius 1 is 1.59 bits per heavy atom. The quantitative estimate of drug-likeness (QED) is 0.872. The first kappa shape index (κ1) is 12.1. The zero-order valence-electron chi connectivity index (χ0n) is 10.1. The second kappa shape index (κ2) is 4.87. The van der Waals surface area contributed by atoms with Crippen LogP contribution < -0.4 is 0 Å². The van der Waals surface area contributed by atoms with Crippen molar-refractivity contribution in [1.82, 2.24) is 4.98 Å². The minimum atomic E-state index is -1.04. The molecule has 17 heavy (non-hydrogen) atoms. The summed E-state index contributed by atoms with van der Waals surface area (Å²) >= 11 is 0. The Bertz CT molecular complexity index is 413. The Morgan fingerprint density at radius 3 is 2.88 bits per heavy atom. The lowest BCUT2D eigenvalue weighted by molar-refractivity contribution is 0.0654. The summed E-state index contributed by atoms with van der Waals surface area (Å²) in [6, 6.07) is 0. The highest BCUT2D eigenvalue weighted by atomic mass is 16.5. The molecule has 1 fully saturated rings. The van der Waals surface area contributed by atoms with E-state index in [4.69, 9.17) is 14.3 Å². The summed E-state index contributed by atoms with van der Waals surface area (Å²) in [4.78, 5) is 15.4. The lowest BCUT2D eigenvalue weighted by atomic mass is 10.0. The number of hydrogen-bond donors (Lipinski definition) is 1. The monoisotopic (exact) mass is 239 g/mol. The third-order valence-corrected chi connectivity index (χ3v) is 3.09. The van der Waals surface area contributed by atoms with Gasteiger partial charge in [-0.05, 0) is 19.8 Å². The van der Waals surface area contributed by atoms with Crippen molar-refractivity contribution in [2.45, 2.75) is 45.1 Å². The zero-order valence-corrected chi connectivity index (χ0v) is 10.1. The molecule has 1 N–H and O–H groups in total. The molecule has 2 unspecified atom stereocenters. The number of carboxylic acid groups (broad SMARTS) is 1. The van der Waals surface area contributed by atoms with Crippen LogP contribution in [0.2, 0.25) is 0 Å². The molecule has 2 heterocycles. The van der Waals surface area contributed by atoms with E-state index in [1.807, 2.05) is 13.8 Å². The molecule has 1 aromatic heterocycles. The van der Waals surface area contributed by atoms with E-state index in [2.05, 4.69) is 4.98 Å². The molecule has 0 amide bonds. The molecule has 0 saturated carbocycles. The van der Waals surface area contributed by atoms with E-state index < -0.39 is 5.97 Å². The number of aromatic carboxylic acids is 1. The second-order valence-corrected chi connectivity index (χ2v) is 4.35. The van der Waals surface area contributed by atoms with Gasteiger partial charge in [0.05, 0.1) is 17.7 Å². The molecule has 1 aromatic rings. The van der Waals surface area contributed by atoms with Gasteiger partial charge < -0.3 is 14.3 Å². The van der Waals surface area contributed by atoms with Gasteiger partial charge in [0, 0.05) is 6.61 Å². The molecule has 0 aliphatic carbocycles. The van der Waals surface area contributed by atoms with Crippen molar-refractivity contribution in [1.29, 1.82) is 0 Å². The van der Waals surface area contributed by atoms with Crippen molar-refractivity contribution >= 4 is 5.97 Å². The molecule has 0 bridgehead atoms. The summed E-state index contributed by atoms with van der Waals surface area (Å²) in [6.45, 7) is 4.63. The van der Waals surface area contributed by atoms with Gasteiger partial charge in [-0.3, -0.25) is 0 Å². The van der Waals surface area contributed by atoms with E-state index in [0.717, 1.165) is 12.8 Å². The lowest BCUT2D eigenvalue weighted by Crippen LogP contribution is -2.09. The van der Waals surface area contributed by atoms with E-state index in [1.165, 1.54) is 0 Å². The van der Waals surface area contributed by atoms with E-state index in [9.17, 15) is 4.79 Å². The van der Waals surface area contributed by atoms with Crippen LogP contribution in [0, 0.1) is 0 Å². The maximum atomic E-state index is 11.0. The van der Waals surface area contributed by atoms with Crippen LogP contribution in [0.1, 0.15) is 54.7 Å². The number of oxazole rings is 1. The number of aromatic nitrogens is 1. The van der Waals surface area contributed by atoms with Gasteiger partial charge in [-0.1, -0.05) is 13.3 Å². The van der Waals surface area contributed by atoms with Gasteiger partial charge in [-0.25, -0.2) is 9.78 Å². The molecule has 2 atom stereocenters. The van der Waals surface area contributed by atoms with E-state index in [0.29, 0.717) is 24.6 Å². The second-order valence-electron chi connectivity index (χ2n) is 4.35. The molecule has 2 rings (SSSR count). The van der Waals surface area contributed by atoms with Crippen molar-refractivity contribution in [3.05, 3.63) is 17.3 Å². The van der Waals surface area contributed by atoms with Crippen LogP contribution in [-0.4, -0.2) is 28.8 Å². The summed E-state index contributed by atoms with van der Waals surface area (Å²) in [5, 5.41) is 9.05. The fraction of sp³-hybridized carbons (Fsp3) is 0.667.